The van der Waals surface area contributed by atoms with Crippen LogP contribution in [0.1, 0.15) is 117 Å². The monoisotopic (exact) mass is 1490 g/mol. The molecular formula is C68H77F4N19O16. The normalized spacial score (nSPS) is 13.8. The molecule has 15 N–H and O–H groups in total. The molecule has 2 aliphatic rings. The number of halogens is 4. The zero-order chi connectivity index (χ0) is 78.0. The van der Waals surface area contributed by atoms with E-state index in [0.717, 1.165) is 11.4 Å². The number of rotatable bonds is 37. The van der Waals surface area contributed by atoms with Crippen molar-refractivity contribution in [1.29, 1.82) is 0 Å². The molecule has 0 unspecified atom stereocenters. The number of nitrogens with zero attached hydrogens (tertiary/aromatic N) is 7. The average molecular weight is 1490 g/mol. The molecule has 1 spiro atoms. The number of carboxylic acids is 2. The van der Waals surface area contributed by atoms with E-state index in [2.05, 4.69) is 77.8 Å². The molecule has 0 bridgehead atoms. The number of imidazole rings is 2. The number of aliphatic carboxylic acids is 2. The highest BCUT2D eigenvalue weighted by atomic mass is 19.2. The lowest BCUT2D eigenvalue weighted by Crippen LogP contribution is -2.60. The van der Waals surface area contributed by atoms with Gasteiger partial charge in [-0.1, -0.05) is 11.2 Å². The Labute approximate surface area is 606 Å². The summed E-state index contributed by atoms with van der Waals surface area (Å²) in [6.07, 6.45) is 3.39. The number of fused-ring (bicyclic) bond motifs is 6. The van der Waals surface area contributed by atoms with Crippen LogP contribution in [0, 0.1) is 23.3 Å². The lowest BCUT2D eigenvalue weighted by atomic mass is 9.77. The van der Waals surface area contributed by atoms with Gasteiger partial charge >= 0.3 is 17.9 Å². The van der Waals surface area contributed by atoms with Gasteiger partial charge in [-0.05, 0) is 93.8 Å². The molecule has 0 radical (unpaired) electrons. The number of carboxylic acid groups (broad SMARTS) is 2. The third-order valence-corrected chi connectivity index (χ3v) is 17.2. The molecule has 0 saturated heterocycles. The van der Waals surface area contributed by atoms with Gasteiger partial charge in [0.1, 0.15) is 59.5 Å². The molecule has 4 aromatic carbocycles. The number of unbranched alkanes of at least 4 members (excludes halogenated alkanes) is 2. The summed E-state index contributed by atoms with van der Waals surface area (Å²) in [7, 11) is 7.53. The van der Waals surface area contributed by atoms with E-state index < -0.39 is 173 Å². The van der Waals surface area contributed by atoms with Crippen LogP contribution in [-0.4, -0.2) is 192 Å². The van der Waals surface area contributed by atoms with Gasteiger partial charge in [0, 0.05) is 135 Å². The van der Waals surface area contributed by atoms with Gasteiger partial charge in [-0.3, -0.25) is 52.7 Å². The number of aromatic nitrogens is 4. The molecule has 568 valence electrons. The summed E-state index contributed by atoms with van der Waals surface area (Å²) < 4.78 is 70.0. The minimum Gasteiger partial charge on any atom is -0.481 e. The lowest BCUT2D eigenvalue weighted by Gasteiger charge is -2.37. The first kappa shape index (κ1) is 80.0. The van der Waals surface area contributed by atoms with Gasteiger partial charge in [0.05, 0.1) is 30.8 Å². The summed E-state index contributed by atoms with van der Waals surface area (Å²) in [4.78, 5) is 179. The number of carbonyl (C=O) groups is 12. The van der Waals surface area contributed by atoms with Gasteiger partial charge in [0.2, 0.25) is 41.4 Å². The Hall–Kier alpha value is -12.7. The number of benzene rings is 4. The zero-order valence-electron chi connectivity index (χ0n) is 58.2. The van der Waals surface area contributed by atoms with Crippen molar-refractivity contribution in [2.45, 2.75) is 113 Å². The van der Waals surface area contributed by atoms with Crippen molar-refractivity contribution in [1.82, 2.24) is 67.8 Å². The molecule has 6 aromatic rings. The number of aromatic amines is 2. The molecule has 6 atom stereocenters. The maximum Gasteiger partial charge on any atom is 0.340 e. The Kier molecular flexibility index (Phi) is 27.0. The van der Waals surface area contributed by atoms with Crippen molar-refractivity contribution in [3.63, 3.8) is 0 Å². The number of nitrogens with two attached hydrogens (primary N) is 1. The van der Waals surface area contributed by atoms with E-state index in [0.29, 0.717) is 28.2 Å². The van der Waals surface area contributed by atoms with E-state index in [1.54, 1.807) is 12.1 Å². The second-order valence-electron chi connectivity index (χ2n) is 25.2. The molecular weight excluding hydrogens is 1410 g/mol. The van der Waals surface area contributed by atoms with Crippen molar-refractivity contribution >= 4 is 88.1 Å². The predicted octanol–water partition coefficient (Wildman–Crippen LogP) is 2.27. The fourth-order valence-corrected chi connectivity index (χ4v) is 11.6. The number of azide groups is 1. The van der Waals surface area contributed by atoms with Crippen LogP contribution in [0.5, 0.6) is 11.5 Å². The number of ether oxygens (including phenoxy) is 2. The number of esters is 1. The van der Waals surface area contributed by atoms with Crippen LogP contribution < -0.4 is 68.1 Å². The number of H-pyrrole nitrogens is 2. The summed E-state index contributed by atoms with van der Waals surface area (Å²) >= 11 is 0. The second kappa shape index (κ2) is 36.2. The zero-order valence-corrected chi connectivity index (χ0v) is 58.2. The number of hydrogen-bond donors (Lipinski definition) is 14. The SMILES string of the molecule is C[C@@H](NC(=O)CNC(=O)[C@@H](N)CCCCNC(=O)c1c(F)c(F)c(N=[N+]=[N-])c(F)c1F)C(=O)N[C@H](CCC(=O)O)C(=O)N[C@H](Cc1cnc[nH]1)C(=O)N[C@H](Cc1cnc[nH]1)C(=O)N[C@@H](CCCCNC(=O)c1ccc2c(c1)C(=O)OC21c2ccc(N(C)C)cc2Oc2cc(N(C)C)ccc21)C(=O)NCC(=O)O. The van der Waals surface area contributed by atoms with Crippen molar-refractivity contribution in [3.8, 4) is 11.5 Å². The van der Waals surface area contributed by atoms with E-state index >= 15 is 0 Å². The third kappa shape index (κ3) is 20.0. The molecule has 8 rings (SSSR count). The first-order valence-electron chi connectivity index (χ1n) is 33.3. The highest BCUT2D eigenvalue weighted by Gasteiger charge is 2.54. The second-order valence-corrected chi connectivity index (χ2v) is 25.2. The Morgan fingerprint density at radius 2 is 1.10 bits per heavy atom. The van der Waals surface area contributed by atoms with Crippen LogP contribution in [-0.2, 0) is 66.3 Å². The van der Waals surface area contributed by atoms with E-state index in [1.165, 1.54) is 38.0 Å². The molecule has 107 heavy (non-hydrogen) atoms. The number of anilines is 2. The number of amides is 9. The van der Waals surface area contributed by atoms with Crippen LogP contribution in [0.4, 0.5) is 34.6 Å². The minimum absolute atomic E-state index is 0.0138. The molecule has 35 nitrogen and oxygen atoms in total. The van der Waals surface area contributed by atoms with Gasteiger partial charge in [-0.15, -0.1) is 0 Å². The van der Waals surface area contributed by atoms with Crippen molar-refractivity contribution in [2.24, 2.45) is 10.8 Å². The maximum atomic E-state index is 14.5. The minimum atomic E-state index is -2.11. The summed E-state index contributed by atoms with van der Waals surface area (Å²) in [5, 5.41) is 43.2. The molecule has 9 amide bonds. The van der Waals surface area contributed by atoms with Gasteiger partial charge in [-0.25, -0.2) is 32.3 Å². The van der Waals surface area contributed by atoms with Gasteiger partial charge in [0.15, 0.2) is 28.9 Å². The Balaban J connectivity index is 0.867. The Morgan fingerprint density at radius 1 is 0.598 bits per heavy atom. The molecule has 0 fully saturated rings. The summed E-state index contributed by atoms with van der Waals surface area (Å²) in [5.41, 5.74) is 13.8. The third-order valence-electron chi connectivity index (χ3n) is 17.2. The van der Waals surface area contributed by atoms with Crippen LogP contribution in [0.25, 0.3) is 10.4 Å². The predicted molar refractivity (Wildman–Crippen MR) is 369 cm³/mol. The van der Waals surface area contributed by atoms with Crippen molar-refractivity contribution in [3.05, 3.63) is 158 Å². The Morgan fingerprint density at radius 3 is 1.63 bits per heavy atom. The summed E-state index contributed by atoms with van der Waals surface area (Å²) in [6.45, 7) is -0.726. The topological polar surface area (TPSA) is 511 Å². The van der Waals surface area contributed by atoms with E-state index in [1.807, 2.05) is 74.4 Å². The fourth-order valence-electron chi connectivity index (χ4n) is 11.6. The lowest BCUT2D eigenvalue weighted by molar-refractivity contribution is -0.139. The quantitative estimate of drug-likeness (QED) is 0.00506. The molecule has 39 heteroatoms. The molecule has 2 aromatic heterocycles. The molecule has 0 aliphatic carbocycles. The summed E-state index contributed by atoms with van der Waals surface area (Å²) in [5.74, 6) is -20.0. The van der Waals surface area contributed by atoms with E-state index in [4.69, 9.17) is 20.7 Å². The molecule has 4 heterocycles. The van der Waals surface area contributed by atoms with Crippen molar-refractivity contribution in [2.75, 3.05) is 64.2 Å². The Bertz CT molecular complexity index is 4340. The van der Waals surface area contributed by atoms with Gasteiger partial charge < -0.3 is 93.0 Å². The average Bonchev–Trinajstić information content (AvgIpc) is 1.59. The molecule has 0 saturated carbocycles. The van der Waals surface area contributed by atoms with Crippen LogP contribution in [0.15, 0.2) is 84.8 Å². The smallest absolute Gasteiger partial charge is 0.340 e. The number of carbonyl (C=O) groups excluding carboxylic acids is 10. The molecule has 2 aliphatic heterocycles. The van der Waals surface area contributed by atoms with E-state index in [9.17, 15) is 85.3 Å². The van der Waals surface area contributed by atoms with Crippen molar-refractivity contribution < 1.29 is 94.8 Å². The highest BCUT2D eigenvalue weighted by molar-refractivity contribution is 6.02. The largest absolute Gasteiger partial charge is 0.481 e. The first-order valence-corrected chi connectivity index (χ1v) is 33.3. The highest BCUT2D eigenvalue weighted by Crippen LogP contribution is 2.57. The number of nitrogens with one attached hydrogen (secondary N) is 11. The van der Waals surface area contributed by atoms with Gasteiger partial charge in [-0.2, -0.15) is 0 Å². The van der Waals surface area contributed by atoms with Crippen LogP contribution >= 0.6 is 0 Å². The summed E-state index contributed by atoms with van der Waals surface area (Å²) in [6, 6.07) is 6.67. The van der Waals surface area contributed by atoms with Crippen LogP contribution in [0.3, 0.4) is 0 Å². The van der Waals surface area contributed by atoms with Gasteiger partial charge in [0.25, 0.3) is 11.8 Å². The fraction of sp³-hybridized carbons (Fsp3) is 0.382. The van der Waals surface area contributed by atoms with E-state index in [-0.39, 0.29) is 87.0 Å². The first-order chi connectivity index (χ1) is 50.9. The number of hydrogen-bond acceptors (Lipinski definition) is 20. The standard InChI is InChI=1S/C68H77F4N19O16/c1-33(83-50(92)29-79-61(99)43(73)10-6-8-21-78-66(104)53-54(69)56(71)58(88-89-74)57(72)55(53)70)59(97)84-45(18-19-51(93)94)63(101)86-47(24-36-28-76-32-82-36)65(103)87-46(23-35-27-75-31-81-35)64(102)85-44(62(100)80-30-52(95)96)11-7-9-20-77-60(98)34-12-15-40-39(22-34)67(105)107-68(40)41-16-13-37(90(2)3)25-48(41)106-49-26-38(91(4)5)14-17-42(49)68/h12-17,22,25-28,31-33,43-47H,6-11,18-21,23-24,29-30,73H2,1-5H3,(H,75,81)(H,76,82)(H,77,98)(H,78,104)(H,79,99)(H,80,100)(H,83,92)(H,84,97)(H,85,102)(H,86,101)(H,87,103)(H,93,94)(H,95,96)/t33-,43+,44+,45-,46-,47-/m1/s1. The van der Waals surface area contributed by atoms with Crippen LogP contribution in [0.2, 0.25) is 0 Å². The maximum absolute atomic E-state index is 14.5.